The molecule has 5 heteroatoms. The van der Waals surface area contributed by atoms with Crippen LogP contribution in [0.25, 0.3) is 0 Å². The van der Waals surface area contributed by atoms with Gasteiger partial charge in [0.2, 0.25) is 0 Å². The molecule has 146 valence electrons. The average molecular weight is 381 g/mol. The predicted molar refractivity (Wildman–Crippen MR) is 107 cm³/mol. The van der Waals surface area contributed by atoms with Crippen LogP contribution in [-0.4, -0.2) is 18.8 Å². The van der Waals surface area contributed by atoms with Crippen LogP contribution < -0.4 is 14.8 Å². The van der Waals surface area contributed by atoms with E-state index in [0.29, 0.717) is 31.2 Å². The van der Waals surface area contributed by atoms with Gasteiger partial charge in [-0.05, 0) is 41.0 Å². The number of nitrogens with one attached hydrogen (secondary N) is 1. The lowest BCUT2D eigenvalue weighted by Gasteiger charge is -2.14. The molecule has 0 fully saturated rings. The Morgan fingerprint density at radius 2 is 1.64 bits per heavy atom. The molecular weight excluding hydrogens is 357 g/mol. The van der Waals surface area contributed by atoms with Crippen molar-refractivity contribution >= 4 is 0 Å². The summed E-state index contributed by atoms with van der Waals surface area (Å²) in [4.78, 5) is 0. The van der Waals surface area contributed by atoms with Crippen molar-refractivity contribution in [1.29, 1.82) is 0 Å². The van der Waals surface area contributed by atoms with Gasteiger partial charge in [0.1, 0.15) is 12.4 Å². The van der Waals surface area contributed by atoms with Crippen molar-refractivity contribution in [3.8, 4) is 11.5 Å². The van der Waals surface area contributed by atoms with E-state index in [4.69, 9.17) is 9.47 Å². The number of benzene rings is 3. The minimum absolute atomic E-state index is 0.268. The Morgan fingerprint density at radius 1 is 0.929 bits per heavy atom. The van der Waals surface area contributed by atoms with E-state index >= 15 is 0 Å². The van der Waals surface area contributed by atoms with Crippen LogP contribution in [0.15, 0.2) is 72.8 Å². The number of rotatable bonds is 9. The van der Waals surface area contributed by atoms with Gasteiger partial charge in [-0.2, -0.15) is 0 Å². The van der Waals surface area contributed by atoms with Gasteiger partial charge in [-0.3, -0.25) is 0 Å². The van der Waals surface area contributed by atoms with Crippen LogP contribution in [0.3, 0.4) is 0 Å². The normalized spacial score (nSPS) is 11.8. The first-order chi connectivity index (χ1) is 13.7. The summed E-state index contributed by atoms with van der Waals surface area (Å²) in [7, 11) is 1.59. The van der Waals surface area contributed by atoms with E-state index < -0.39 is 6.10 Å². The maximum Gasteiger partial charge on any atom is 0.161 e. The van der Waals surface area contributed by atoms with Crippen molar-refractivity contribution in [3.05, 3.63) is 95.3 Å². The van der Waals surface area contributed by atoms with E-state index in [1.54, 1.807) is 19.2 Å². The second-order valence-electron chi connectivity index (χ2n) is 6.46. The van der Waals surface area contributed by atoms with Crippen molar-refractivity contribution in [2.75, 3.05) is 13.7 Å². The van der Waals surface area contributed by atoms with Crippen LogP contribution in [0.5, 0.6) is 11.5 Å². The van der Waals surface area contributed by atoms with Crippen LogP contribution in [0.4, 0.5) is 4.39 Å². The molecule has 3 aromatic rings. The predicted octanol–water partition coefficient (Wildman–Crippen LogP) is 4.24. The lowest BCUT2D eigenvalue weighted by atomic mass is 10.1. The number of hydrogen-bond acceptors (Lipinski definition) is 4. The number of aliphatic hydroxyl groups excluding tert-OH is 1. The second kappa shape index (κ2) is 9.88. The average Bonchev–Trinajstić information content (AvgIpc) is 2.74. The number of aliphatic hydroxyl groups is 1. The van der Waals surface area contributed by atoms with Crippen molar-refractivity contribution < 1.29 is 19.0 Å². The molecule has 0 bridgehead atoms. The molecule has 0 radical (unpaired) electrons. The van der Waals surface area contributed by atoms with Gasteiger partial charge in [0.25, 0.3) is 0 Å². The minimum Gasteiger partial charge on any atom is -0.493 e. The van der Waals surface area contributed by atoms with Gasteiger partial charge in [0.05, 0.1) is 13.2 Å². The van der Waals surface area contributed by atoms with E-state index in [1.807, 2.05) is 48.5 Å². The van der Waals surface area contributed by atoms with Crippen molar-refractivity contribution in [1.82, 2.24) is 5.32 Å². The Hall–Kier alpha value is -2.89. The molecule has 0 aliphatic heterocycles. The van der Waals surface area contributed by atoms with Crippen molar-refractivity contribution in [3.63, 3.8) is 0 Å². The highest BCUT2D eigenvalue weighted by atomic mass is 19.1. The number of ether oxygens (including phenoxy) is 2. The molecule has 3 aromatic carbocycles. The molecule has 0 aromatic heterocycles. The minimum atomic E-state index is -0.554. The van der Waals surface area contributed by atoms with Crippen LogP contribution >= 0.6 is 0 Å². The lowest BCUT2D eigenvalue weighted by molar-refractivity contribution is 0.174. The van der Waals surface area contributed by atoms with Crippen LogP contribution in [-0.2, 0) is 13.2 Å². The zero-order valence-corrected chi connectivity index (χ0v) is 15.8. The monoisotopic (exact) mass is 381 g/mol. The SMILES string of the molecule is COc1cc(CNC[C@H](O)c2ccccc2)ccc1OCc1ccc(F)cc1. The summed E-state index contributed by atoms with van der Waals surface area (Å²) < 4.78 is 24.2. The number of hydrogen-bond donors (Lipinski definition) is 2. The summed E-state index contributed by atoms with van der Waals surface area (Å²) in [5.74, 6) is 0.987. The fourth-order valence-electron chi connectivity index (χ4n) is 2.83. The zero-order valence-electron chi connectivity index (χ0n) is 15.8. The second-order valence-corrected chi connectivity index (χ2v) is 6.46. The van der Waals surface area contributed by atoms with Gasteiger partial charge in [0.15, 0.2) is 11.5 Å². The van der Waals surface area contributed by atoms with Gasteiger partial charge in [-0.25, -0.2) is 4.39 Å². The number of halogens is 1. The third kappa shape index (κ3) is 5.55. The molecular formula is C23H24FNO3. The van der Waals surface area contributed by atoms with Gasteiger partial charge >= 0.3 is 0 Å². The molecule has 0 spiro atoms. The standard InChI is InChI=1S/C23H24FNO3/c1-27-23-13-18(14-25-15-21(26)19-5-3-2-4-6-19)9-12-22(23)28-16-17-7-10-20(24)11-8-17/h2-13,21,25-26H,14-16H2,1H3/t21-/m0/s1. The topological polar surface area (TPSA) is 50.7 Å². The molecule has 3 rings (SSSR count). The highest BCUT2D eigenvalue weighted by molar-refractivity contribution is 5.43. The third-order valence-electron chi connectivity index (χ3n) is 4.39. The van der Waals surface area contributed by atoms with Gasteiger partial charge in [-0.1, -0.05) is 48.5 Å². The third-order valence-corrected chi connectivity index (χ3v) is 4.39. The smallest absolute Gasteiger partial charge is 0.161 e. The largest absolute Gasteiger partial charge is 0.493 e. The molecule has 0 amide bonds. The molecule has 0 unspecified atom stereocenters. The molecule has 2 N–H and O–H groups in total. The first-order valence-corrected chi connectivity index (χ1v) is 9.13. The summed E-state index contributed by atoms with van der Waals surface area (Å²) in [5, 5.41) is 13.5. The Balaban J connectivity index is 1.54. The van der Waals surface area contributed by atoms with E-state index in [-0.39, 0.29) is 5.82 Å². The van der Waals surface area contributed by atoms with E-state index in [0.717, 1.165) is 16.7 Å². The van der Waals surface area contributed by atoms with Gasteiger partial charge in [-0.15, -0.1) is 0 Å². The molecule has 0 saturated heterocycles. The summed E-state index contributed by atoms with van der Waals surface area (Å²) in [6.45, 7) is 1.38. The van der Waals surface area contributed by atoms with E-state index in [2.05, 4.69) is 5.32 Å². The maximum absolute atomic E-state index is 13.0. The van der Waals surface area contributed by atoms with Gasteiger partial charge in [0, 0.05) is 13.1 Å². The first kappa shape index (κ1) is 19.9. The van der Waals surface area contributed by atoms with Gasteiger partial charge < -0.3 is 19.9 Å². The van der Waals surface area contributed by atoms with E-state index in [1.165, 1.54) is 12.1 Å². The van der Waals surface area contributed by atoms with E-state index in [9.17, 15) is 9.50 Å². The van der Waals surface area contributed by atoms with Crippen LogP contribution in [0.1, 0.15) is 22.8 Å². The highest BCUT2D eigenvalue weighted by Crippen LogP contribution is 2.29. The first-order valence-electron chi connectivity index (χ1n) is 9.13. The Labute approximate surface area is 164 Å². The summed E-state index contributed by atoms with van der Waals surface area (Å²) >= 11 is 0. The maximum atomic E-state index is 13.0. The number of methoxy groups -OCH3 is 1. The van der Waals surface area contributed by atoms with Crippen molar-refractivity contribution in [2.24, 2.45) is 0 Å². The molecule has 4 nitrogen and oxygen atoms in total. The lowest BCUT2D eigenvalue weighted by Crippen LogP contribution is -2.21. The molecule has 0 saturated carbocycles. The molecule has 0 aliphatic carbocycles. The fourth-order valence-corrected chi connectivity index (χ4v) is 2.83. The summed E-state index contributed by atoms with van der Waals surface area (Å²) in [6.07, 6.45) is -0.554. The quantitative estimate of drug-likeness (QED) is 0.582. The highest BCUT2D eigenvalue weighted by Gasteiger charge is 2.09. The Morgan fingerprint density at radius 3 is 2.36 bits per heavy atom. The molecule has 0 heterocycles. The van der Waals surface area contributed by atoms with Crippen LogP contribution in [0.2, 0.25) is 0 Å². The molecule has 1 atom stereocenters. The zero-order chi connectivity index (χ0) is 19.8. The summed E-state index contributed by atoms with van der Waals surface area (Å²) in [6, 6.07) is 21.5. The Kier molecular flexibility index (Phi) is 7.00. The Bertz CT molecular complexity index is 869. The molecule has 0 aliphatic rings. The molecule has 28 heavy (non-hydrogen) atoms. The summed E-state index contributed by atoms with van der Waals surface area (Å²) in [5.41, 5.74) is 2.78. The fraction of sp³-hybridized carbons (Fsp3) is 0.217. The van der Waals surface area contributed by atoms with Crippen LogP contribution in [0, 0.1) is 5.82 Å². The van der Waals surface area contributed by atoms with Crippen molar-refractivity contribution in [2.45, 2.75) is 19.3 Å².